The summed E-state index contributed by atoms with van der Waals surface area (Å²) in [6, 6.07) is 12.4. The quantitative estimate of drug-likeness (QED) is 0.762. The Bertz CT molecular complexity index is 932. The molecule has 24 heavy (non-hydrogen) atoms. The highest BCUT2D eigenvalue weighted by atomic mass is 32.1. The second-order valence-electron chi connectivity index (χ2n) is 5.15. The van der Waals surface area contributed by atoms with Gasteiger partial charge in [-0.15, -0.1) is 0 Å². The van der Waals surface area contributed by atoms with Crippen LogP contribution in [0.2, 0.25) is 0 Å². The van der Waals surface area contributed by atoms with E-state index in [4.69, 9.17) is 0 Å². The molecule has 6 nitrogen and oxygen atoms in total. The molecule has 0 aliphatic rings. The van der Waals surface area contributed by atoms with Crippen molar-refractivity contribution in [2.45, 2.75) is 13.5 Å². The molecule has 0 bridgehead atoms. The second-order valence-corrected chi connectivity index (χ2v) is 6.13. The molecule has 0 atom stereocenters. The lowest BCUT2D eigenvalue weighted by molar-refractivity contribution is 0.0954. The first kappa shape index (κ1) is 15.9. The summed E-state index contributed by atoms with van der Waals surface area (Å²) in [6.45, 7) is 2.13. The maximum absolute atomic E-state index is 12.4. The van der Waals surface area contributed by atoms with Crippen LogP contribution in [-0.2, 0) is 6.54 Å². The van der Waals surface area contributed by atoms with E-state index in [0.717, 1.165) is 16.9 Å². The third-order valence-electron chi connectivity index (χ3n) is 3.42. The molecule has 0 aliphatic carbocycles. The molecular weight excluding hydrogens is 326 g/mol. The number of rotatable bonds is 4. The third kappa shape index (κ3) is 3.21. The van der Waals surface area contributed by atoms with E-state index in [1.165, 1.54) is 16.8 Å². The van der Waals surface area contributed by atoms with Crippen molar-refractivity contribution in [3.8, 4) is 10.9 Å². The minimum atomic E-state index is -0.567. The van der Waals surface area contributed by atoms with Gasteiger partial charge in [-0.1, -0.05) is 41.7 Å². The molecule has 0 saturated carbocycles. The Morgan fingerprint density at radius 2 is 2.00 bits per heavy atom. The summed E-state index contributed by atoms with van der Waals surface area (Å²) < 4.78 is 1.22. The molecule has 2 heterocycles. The monoisotopic (exact) mass is 341 g/mol. The number of thiazole rings is 1. The first-order chi connectivity index (χ1) is 11.6. The standard InChI is InChI=1S/C17H15N3O3S/c1-11-14(15(22)18-10-12-6-3-2-4-7-12)24-17(19-11)20-9-5-8-13(21)16(20)23/h2-9,21H,10H2,1H3,(H,18,22). The van der Waals surface area contributed by atoms with E-state index in [2.05, 4.69) is 10.3 Å². The van der Waals surface area contributed by atoms with E-state index in [1.807, 2.05) is 30.3 Å². The van der Waals surface area contributed by atoms with Crippen LogP contribution < -0.4 is 10.9 Å². The zero-order valence-electron chi connectivity index (χ0n) is 12.9. The van der Waals surface area contributed by atoms with Gasteiger partial charge in [-0.2, -0.15) is 0 Å². The van der Waals surface area contributed by atoms with E-state index in [0.29, 0.717) is 22.2 Å². The number of aromatic nitrogens is 2. The molecular formula is C17H15N3O3S. The topological polar surface area (TPSA) is 84.2 Å². The van der Waals surface area contributed by atoms with Crippen molar-refractivity contribution in [1.29, 1.82) is 0 Å². The second kappa shape index (κ2) is 6.67. The average molecular weight is 341 g/mol. The summed E-state index contributed by atoms with van der Waals surface area (Å²) in [5, 5.41) is 12.7. The number of hydrogen-bond acceptors (Lipinski definition) is 5. The minimum Gasteiger partial charge on any atom is -0.503 e. The van der Waals surface area contributed by atoms with Crippen LogP contribution in [-0.4, -0.2) is 20.6 Å². The van der Waals surface area contributed by atoms with Gasteiger partial charge in [0.15, 0.2) is 10.9 Å². The van der Waals surface area contributed by atoms with E-state index >= 15 is 0 Å². The Kier molecular flexibility index (Phi) is 4.43. The predicted molar refractivity (Wildman–Crippen MR) is 91.7 cm³/mol. The minimum absolute atomic E-state index is 0.242. The van der Waals surface area contributed by atoms with Crippen LogP contribution >= 0.6 is 11.3 Å². The summed E-state index contributed by atoms with van der Waals surface area (Å²) in [7, 11) is 0. The first-order valence-corrected chi connectivity index (χ1v) is 8.08. The van der Waals surface area contributed by atoms with Crippen LogP contribution in [0.25, 0.3) is 5.13 Å². The smallest absolute Gasteiger partial charge is 0.298 e. The lowest BCUT2D eigenvalue weighted by Gasteiger charge is -2.03. The van der Waals surface area contributed by atoms with Gasteiger partial charge in [0, 0.05) is 12.7 Å². The number of aromatic hydroxyl groups is 1. The fraction of sp³-hybridized carbons (Fsp3) is 0.118. The van der Waals surface area contributed by atoms with Crippen molar-refractivity contribution in [1.82, 2.24) is 14.9 Å². The molecule has 7 heteroatoms. The molecule has 0 aliphatic heterocycles. The van der Waals surface area contributed by atoms with Crippen LogP contribution in [0.3, 0.4) is 0 Å². The maximum Gasteiger partial charge on any atom is 0.298 e. The number of carbonyl (C=O) groups excluding carboxylic acids is 1. The normalized spacial score (nSPS) is 10.5. The highest BCUT2D eigenvalue weighted by molar-refractivity contribution is 7.16. The van der Waals surface area contributed by atoms with Crippen LogP contribution in [0.1, 0.15) is 20.9 Å². The molecule has 122 valence electrons. The fourth-order valence-corrected chi connectivity index (χ4v) is 3.15. The van der Waals surface area contributed by atoms with Gasteiger partial charge in [0.1, 0.15) is 4.88 Å². The van der Waals surface area contributed by atoms with Gasteiger partial charge in [0.2, 0.25) is 0 Å². The molecule has 0 fully saturated rings. The number of amides is 1. The Balaban J connectivity index is 1.82. The lowest BCUT2D eigenvalue weighted by Crippen LogP contribution is -2.22. The fourth-order valence-electron chi connectivity index (χ4n) is 2.19. The van der Waals surface area contributed by atoms with Crippen LogP contribution in [0.15, 0.2) is 53.5 Å². The van der Waals surface area contributed by atoms with Crippen LogP contribution in [0, 0.1) is 6.92 Å². The summed E-state index contributed by atoms with van der Waals surface area (Å²) in [5.41, 5.74) is 0.968. The Labute approximate surface area is 142 Å². The summed E-state index contributed by atoms with van der Waals surface area (Å²) in [4.78, 5) is 29.0. The Morgan fingerprint density at radius 3 is 2.75 bits per heavy atom. The van der Waals surface area contributed by atoms with E-state index < -0.39 is 5.56 Å². The van der Waals surface area contributed by atoms with Crippen LogP contribution in [0.4, 0.5) is 0 Å². The van der Waals surface area contributed by atoms with Crippen molar-refractivity contribution in [3.05, 3.63) is 75.1 Å². The van der Waals surface area contributed by atoms with Gasteiger partial charge < -0.3 is 10.4 Å². The number of carbonyl (C=O) groups is 1. The molecule has 0 spiro atoms. The van der Waals surface area contributed by atoms with Crippen molar-refractivity contribution in [2.75, 3.05) is 0 Å². The van der Waals surface area contributed by atoms with Gasteiger partial charge >= 0.3 is 0 Å². The summed E-state index contributed by atoms with van der Waals surface area (Å²) in [6.07, 6.45) is 1.51. The number of nitrogens with zero attached hydrogens (tertiary/aromatic N) is 2. The largest absolute Gasteiger partial charge is 0.503 e. The summed E-state index contributed by atoms with van der Waals surface area (Å²) in [5.74, 6) is -0.603. The SMILES string of the molecule is Cc1nc(-n2cccc(O)c2=O)sc1C(=O)NCc1ccccc1. The molecule has 3 rings (SSSR count). The van der Waals surface area contributed by atoms with Crippen LogP contribution in [0.5, 0.6) is 5.75 Å². The zero-order valence-corrected chi connectivity index (χ0v) is 13.7. The molecule has 0 unspecified atom stereocenters. The van der Waals surface area contributed by atoms with Gasteiger partial charge in [-0.3, -0.25) is 14.2 Å². The van der Waals surface area contributed by atoms with Crippen molar-refractivity contribution in [2.24, 2.45) is 0 Å². The number of benzene rings is 1. The maximum atomic E-state index is 12.4. The highest BCUT2D eigenvalue weighted by Crippen LogP contribution is 2.21. The molecule has 0 radical (unpaired) electrons. The van der Waals surface area contributed by atoms with E-state index in [9.17, 15) is 14.7 Å². The number of pyridine rings is 1. The number of nitrogens with one attached hydrogen (secondary N) is 1. The molecule has 3 aromatic rings. The highest BCUT2D eigenvalue weighted by Gasteiger charge is 2.17. The molecule has 1 aromatic carbocycles. The van der Waals surface area contributed by atoms with Gasteiger partial charge in [0.05, 0.1) is 5.69 Å². The van der Waals surface area contributed by atoms with Crippen molar-refractivity contribution >= 4 is 17.2 Å². The van der Waals surface area contributed by atoms with Gasteiger partial charge in [-0.25, -0.2) is 4.98 Å². The van der Waals surface area contributed by atoms with Gasteiger partial charge in [0.25, 0.3) is 11.5 Å². The number of aryl methyl sites for hydroxylation is 1. The molecule has 2 aromatic heterocycles. The Morgan fingerprint density at radius 1 is 1.25 bits per heavy atom. The van der Waals surface area contributed by atoms with Crippen molar-refractivity contribution in [3.63, 3.8) is 0 Å². The lowest BCUT2D eigenvalue weighted by atomic mass is 10.2. The zero-order chi connectivity index (χ0) is 17.1. The molecule has 0 saturated heterocycles. The van der Waals surface area contributed by atoms with Gasteiger partial charge in [-0.05, 0) is 24.6 Å². The predicted octanol–water partition coefficient (Wildman–Crippen LogP) is 2.24. The third-order valence-corrected chi connectivity index (χ3v) is 4.58. The Hall–Kier alpha value is -2.93. The molecule has 2 N–H and O–H groups in total. The number of hydrogen-bond donors (Lipinski definition) is 2. The van der Waals surface area contributed by atoms with E-state index in [1.54, 1.807) is 13.0 Å². The van der Waals surface area contributed by atoms with E-state index in [-0.39, 0.29) is 11.7 Å². The first-order valence-electron chi connectivity index (χ1n) is 7.27. The van der Waals surface area contributed by atoms with Crippen molar-refractivity contribution < 1.29 is 9.90 Å². The summed E-state index contributed by atoms with van der Waals surface area (Å²) >= 11 is 1.11. The molecule has 1 amide bonds. The average Bonchev–Trinajstić information content (AvgIpc) is 2.98.